The Morgan fingerprint density at radius 3 is 2.55 bits per heavy atom. The molecule has 0 unspecified atom stereocenters. The summed E-state index contributed by atoms with van der Waals surface area (Å²) < 4.78 is 10.4. The van der Waals surface area contributed by atoms with E-state index in [-0.39, 0.29) is 24.9 Å². The number of amides is 1. The molecule has 6 nitrogen and oxygen atoms in total. The third-order valence-corrected chi connectivity index (χ3v) is 5.41. The van der Waals surface area contributed by atoms with Crippen molar-refractivity contribution in [3.63, 3.8) is 0 Å². The molecule has 0 saturated carbocycles. The van der Waals surface area contributed by atoms with Crippen LogP contribution >= 0.6 is 11.3 Å². The summed E-state index contributed by atoms with van der Waals surface area (Å²) in [5, 5.41) is 3.17. The van der Waals surface area contributed by atoms with Crippen molar-refractivity contribution < 1.29 is 19.1 Å². The standard InChI is InChI=1S/C22H22N2O4S/c1-14-8-7-11-17(15(14)2)28-13-19(25)23-22-24-21(16-9-5-4-6-10-16)18(29-22)12-20(26)27-3/h4-11H,12-13H2,1-3H3,(H,23,24,25). The molecular formula is C22H22N2O4S. The van der Waals surface area contributed by atoms with Crippen molar-refractivity contribution in [3.8, 4) is 17.0 Å². The van der Waals surface area contributed by atoms with Gasteiger partial charge in [0.15, 0.2) is 11.7 Å². The summed E-state index contributed by atoms with van der Waals surface area (Å²) in [5.41, 5.74) is 3.63. The van der Waals surface area contributed by atoms with Gasteiger partial charge in [-0.3, -0.25) is 14.9 Å². The van der Waals surface area contributed by atoms with Gasteiger partial charge in [0.2, 0.25) is 0 Å². The zero-order chi connectivity index (χ0) is 20.8. The number of esters is 1. The number of nitrogens with one attached hydrogen (secondary N) is 1. The van der Waals surface area contributed by atoms with E-state index in [1.54, 1.807) is 0 Å². The number of methoxy groups -OCH3 is 1. The molecule has 150 valence electrons. The van der Waals surface area contributed by atoms with Gasteiger partial charge in [-0.1, -0.05) is 42.5 Å². The van der Waals surface area contributed by atoms with Gasteiger partial charge < -0.3 is 9.47 Å². The molecule has 0 spiro atoms. The number of nitrogens with zero attached hydrogens (tertiary/aromatic N) is 1. The molecule has 1 heterocycles. The molecule has 0 atom stereocenters. The summed E-state index contributed by atoms with van der Waals surface area (Å²) in [6, 6.07) is 15.2. The summed E-state index contributed by atoms with van der Waals surface area (Å²) in [7, 11) is 1.35. The van der Waals surface area contributed by atoms with E-state index in [1.165, 1.54) is 18.4 Å². The first-order valence-electron chi connectivity index (χ1n) is 9.08. The van der Waals surface area contributed by atoms with E-state index in [9.17, 15) is 9.59 Å². The Labute approximate surface area is 173 Å². The maximum atomic E-state index is 12.4. The van der Waals surface area contributed by atoms with Gasteiger partial charge in [-0.15, -0.1) is 11.3 Å². The van der Waals surface area contributed by atoms with E-state index < -0.39 is 0 Å². The number of ether oxygens (including phenoxy) is 2. The number of anilines is 1. The Balaban J connectivity index is 1.73. The van der Waals surface area contributed by atoms with Crippen molar-refractivity contribution in [1.29, 1.82) is 0 Å². The van der Waals surface area contributed by atoms with Crippen LogP contribution in [0.2, 0.25) is 0 Å². The topological polar surface area (TPSA) is 77.5 Å². The van der Waals surface area contributed by atoms with E-state index in [4.69, 9.17) is 9.47 Å². The largest absolute Gasteiger partial charge is 0.483 e. The predicted octanol–water partition coefficient (Wildman–Crippen LogP) is 4.16. The molecule has 0 bridgehead atoms. The van der Waals surface area contributed by atoms with Crippen LogP contribution in [-0.4, -0.2) is 30.6 Å². The quantitative estimate of drug-likeness (QED) is 0.592. The summed E-state index contributed by atoms with van der Waals surface area (Å²) in [6.45, 7) is 3.82. The highest BCUT2D eigenvalue weighted by Gasteiger charge is 2.18. The van der Waals surface area contributed by atoms with Crippen molar-refractivity contribution >= 4 is 28.3 Å². The lowest BCUT2D eigenvalue weighted by atomic mass is 10.1. The second-order valence-electron chi connectivity index (χ2n) is 6.44. The molecule has 0 aliphatic rings. The van der Waals surface area contributed by atoms with Crippen LogP contribution < -0.4 is 10.1 Å². The fourth-order valence-electron chi connectivity index (χ4n) is 2.73. The highest BCUT2D eigenvalue weighted by Crippen LogP contribution is 2.31. The number of carbonyl (C=O) groups is 2. The monoisotopic (exact) mass is 410 g/mol. The molecule has 0 aliphatic heterocycles. The lowest BCUT2D eigenvalue weighted by molar-refractivity contribution is -0.139. The molecule has 1 N–H and O–H groups in total. The fourth-order valence-corrected chi connectivity index (χ4v) is 3.71. The summed E-state index contributed by atoms with van der Waals surface area (Å²) in [5.74, 6) is 0.00138. The molecular weight excluding hydrogens is 388 g/mol. The van der Waals surface area contributed by atoms with Crippen LogP contribution in [0, 0.1) is 13.8 Å². The molecule has 2 aromatic carbocycles. The van der Waals surface area contributed by atoms with Crippen molar-refractivity contribution in [2.24, 2.45) is 0 Å². The Bertz CT molecular complexity index is 1010. The fraction of sp³-hybridized carbons (Fsp3) is 0.227. The number of thiazole rings is 1. The first-order valence-corrected chi connectivity index (χ1v) is 9.90. The zero-order valence-corrected chi connectivity index (χ0v) is 17.3. The summed E-state index contributed by atoms with van der Waals surface area (Å²) in [6.07, 6.45) is 0.0905. The maximum absolute atomic E-state index is 12.4. The third kappa shape index (κ3) is 5.20. The van der Waals surface area contributed by atoms with Gasteiger partial charge in [-0.2, -0.15) is 0 Å². The van der Waals surface area contributed by atoms with E-state index in [0.29, 0.717) is 16.6 Å². The SMILES string of the molecule is COC(=O)Cc1sc(NC(=O)COc2cccc(C)c2C)nc1-c1ccccc1. The van der Waals surface area contributed by atoms with Crippen LogP contribution in [0.15, 0.2) is 48.5 Å². The van der Waals surface area contributed by atoms with Crippen molar-refractivity contribution in [3.05, 3.63) is 64.5 Å². The average molecular weight is 410 g/mol. The first kappa shape index (κ1) is 20.5. The van der Waals surface area contributed by atoms with Gasteiger partial charge in [0.1, 0.15) is 5.75 Å². The smallest absolute Gasteiger partial charge is 0.310 e. The molecule has 3 aromatic rings. The molecule has 1 aromatic heterocycles. The minimum Gasteiger partial charge on any atom is -0.483 e. The molecule has 0 aliphatic carbocycles. The molecule has 0 saturated heterocycles. The lowest BCUT2D eigenvalue weighted by Crippen LogP contribution is -2.20. The van der Waals surface area contributed by atoms with Gasteiger partial charge in [0.25, 0.3) is 5.91 Å². The van der Waals surface area contributed by atoms with Crippen LogP contribution in [0.25, 0.3) is 11.3 Å². The van der Waals surface area contributed by atoms with Gasteiger partial charge in [0.05, 0.1) is 19.2 Å². The number of carbonyl (C=O) groups excluding carboxylic acids is 2. The average Bonchev–Trinajstić information content (AvgIpc) is 3.11. The second kappa shape index (κ2) is 9.34. The number of aromatic nitrogens is 1. The number of hydrogen-bond donors (Lipinski definition) is 1. The van der Waals surface area contributed by atoms with Crippen LogP contribution in [-0.2, 0) is 20.7 Å². The van der Waals surface area contributed by atoms with Gasteiger partial charge in [-0.05, 0) is 31.0 Å². The van der Waals surface area contributed by atoms with Crippen molar-refractivity contribution in [2.75, 3.05) is 19.0 Å². The summed E-state index contributed by atoms with van der Waals surface area (Å²) in [4.78, 5) is 29.4. The molecule has 1 amide bonds. The van der Waals surface area contributed by atoms with Gasteiger partial charge in [0, 0.05) is 10.4 Å². The van der Waals surface area contributed by atoms with Crippen LogP contribution in [0.3, 0.4) is 0 Å². The van der Waals surface area contributed by atoms with Crippen LogP contribution in [0.4, 0.5) is 5.13 Å². The highest BCUT2D eigenvalue weighted by molar-refractivity contribution is 7.16. The Morgan fingerprint density at radius 2 is 1.83 bits per heavy atom. The van der Waals surface area contributed by atoms with Gasteiger partial charge in [-0.25, -0.2) is 4.98 Å². The first-order chi connectivity index (χ1) is 14.0. The van der Waals surface area contributed by atoms with Gasteiger partial charge >= 0.3 is 5.97 Å². The molecule has 29 heavy (non-hydrogen) atoms. The predicted molar refractivity (Wildman–Crippen MR) is 113 cm³/mol. The molecule has 0 radical (unpaired) electrons. The Hall–Kier alpha value is -3.19. The number of hydrogen-bond acceptors (Lipinski definition) is 6. The molecule has 7 heteroatoms. The number of rotatable bonds is 7. The zero-order valence-electron chi connectivity index (χ0n) is 16.5. The normalized spacial score (nSPS) is 10.4. The van der Waals surface area contributed by atoms with Crippen LogP contribution in [0.1, 0.15) is 16.0 Å². The second-order valence-corrected chi connectivity index (χ2v) is 7.53. The van der Waals surface area contributed by atoms with E-state index in [1.807, 2.05) is 62.4 Å². The minimum atomic E-state index is -0.359. The molecule has 3 rings (SSSR count). The van der Waals surface area contributed by atoms with Crippen molar-refractivity contribution in [2.45, 2.75) is 20.3 Å². The van der Waals surface area contributed by atoms with E-state index in [0.717, 1.165) is 21.6 Å². The maximum Gasteiger partial charge on any atom is 0.310 e. The van der Waals surface area contributed by atoms with E-state index >= 15 is 0 Å². The number of aryl methyl sites for hydroxylation is 1. The van der Waals surface area contributed by atoms with Crippen molar-refractivity contribution in [1.82, 2.24) is 4.98 Å². The molecule has 0 fully saturated rings. The number of benzene rings is 2. The summed E-state index contributed by atoms with van der Waals surface area (Å²) >= 11 is 1.25. The Kier molecular flexibility index (Phi) is 6.61. The minimum absolute atomic E-state index is 0.0905. The van der Waals surface area contributed by atoms with E-state index in [2.05, 4.69) is 10.3 Å². The van der Waals surface area contributed by atoms with Crippen LogP contribution in [0.5, 0.6) is 5.75 Å². The third-order valence-electron chi connectivity index (χ3n) is 4.44. The lowest BCUT2D eigenvalue weighted by Gasteiger charge is -2.10. The Morgan fingerprint density at radius 1 is 1.07 bits per heavy atom. The highest BCUT2D eigenvalue weighted by atomic mass is 32.1.